The van der Waals surface area contributed by atoms with Crippen LogP contribution in [0.25, 0.3) is 0 Å². The smallest absolute Gasteiger partial charge is 0.329 e. The SMILES string of the molecule is CCC(CC)(NC=O)C(=O)O. The molecule has 2 N–H and O–H groups in total. The maximum Gasteiger partial charge on any atom is 0.329 e. The number of carbonyl (C=O) groups excluding carboxylic acids is 1. The van der Waals surface area contributed by atoms with E-state index in [4.69, 9.17) is 5.11 Å². The number of nitrogens with one attached hydrogen (secondary N) is 1. The average Bonchev–Trinajstić information content (AvgIpc) is 2.00. The molecule has 0 saturated carbocycles. The number of carboxylic acid groups (broad SMARTS) is 1. The van der Waals surface area contributed by atoms with Crippen molar-refractivity contribution in [1.29, 1.82) is 0 Å². The Kier molecular flexibility index (Phi) is 3.57. The van der Waals surface area contributed by atoms with E-state index in [0.29, 0.717) is 19.3 Å². The summed E-state index contributed by atoms with van der Waals surface area (Å²) >= 11 is 0. The van der Waals surface area contributed by atoms with E-state index in [2.05, 4.69) is 5.32 Å². The molecule has 0 atom stereocenters. The monoisotopic (exact) mass is 159 g/mol. The standard InChI is InChI=1S/C7H13NO3/c1-3-7(4-2,6(10)11)8-5-9/h5H,3-4H2,1-2H3,(H,8,9)(H,10,11). The zero-order chi connectivity index (χ0) is 8.91. The van der Waals surface area contributed by atoms with Crippen LogP contribution < -0.4 is 5.32 Å². The average molecular weight is 159 g/mol. The summed E-state index contributed by atoms with van der Waals surface area (Å²) < 4.78 is 0. The predicted octanol–water partition coefficient (Wildman–Crippen LogP) is 0.376. The minimum Gasteiger partial charge on any atom is -0.480 e. The largest absolute Gasteiger partial charge is 0.480 e. The van der Waals surface area contributed by atoms with Crippen molar-refractivity contribution in [3.8, 4) is 0 Å². The summed E-state index contributed by atoms with van der Waals surface area (Å²) in [5.41, 5.74) is -1.07. The topological polar surface area (TPSA) is 66.4 Å². The molecule has 0 aliphatic heterocycles. The molecule has 0 aromatic heterocycles. The zero-order valence-corrected chi connectivity index (χ0v) is 6.76. The number of hydrogen-bond acceptors (Lipinski definition) is 2. The van der Waals surface area contributed by atoms with Crippen LogP contribution in [0.1, 0.15) is 26.7 Å². The Morgan fingerprint density at radius 1 is 1.55 bits per heavy atom. The fourth-order valence-electron chi connectivity index (χ4n) is 0.931. The summed E-state index contributed by atoms with van der Waals surface area (Å²) in [5, 5.41) is 11.0. The second-order valence-electron chi connectivity index (χ2n) is 2.36. The Hall–Kier alpha value is -1.06. The van der Waals surface area contributed by atoms with Gasteiger partial charge in [-0.25, -0.2) is 4.79 Å². The van der Waals surface area contributed by atoms with Gasteiger partial charge < -0.3 is 10.4 Å². The molecule has 0 heterocycles. The quantitative estimate of drug-likeness (QED) is 0.570. The predicted molar refractivity (Wildman–Crippen MR) is 40.1 cm³/mol. The van der Waals surface area contributed by atoms with E-state index in [1.54, 1.807) is 13.8 Å². The first-order chi connectivity index (χ1) is 5.13. The molecule has 0 spiro atoms. The molecule has 64 valence electrons. The van der Waals surface area contributed by atoms with E-state index in [9.17, 15) is 9.59 Å². The van der Waals surface area contributed by atoms with Gasteiger partial charge in [0.05, 0.1) is 0 Å². The number of carboxylic acids is 1. The van der Waals surface area contributed by atoms with Gasteiger partial charge in [-0.15, -0.1) is 0 Å². The van der Waals surface area contributed by atoms with Gasteiger partial charge in [0.2, 0.25) is 6.41 Å². The van der Waals surface area contributed by atoms with Crippen molar-refractivity contribution in [1.82, 2.24) is 5.32 Å². The zero-order valence-electron chi connectivity index (χ0n) is 6.76. The highest BCUT2D eigenvalue weighted by atomic mass is 16.4. The molecule has 0 rings (SSSR count). The first-order valence-electron chi connectivity index (χ1n) is 3.57. The first kappa shape index (κ1) is 9.94. The normalized spacial score (nSPS) is 10.7. The lowest BCUT2D eigenvalue weighted by Gasteiger charge is -2.25. The van der Waals surface area contributed by atoms with Crippen LogP contribution in [0, 0.1) is 0 Å². The van der Waals surface area contributed by atoms with Crippen molar-refractivity contribution in [3.63, 3.8) is 0 Å². The molecule has 4 nitrogen and oxygen atoms in total. The van der Waals surface area contributed by atoms with Crippen LogP contribution in [0.5, 0.6) is 0 Å². The molecule has 11 heavy (non-hydrogen) atoms. The molecule has 1 amide bonds. The Bertz CT molecular complexity index is 152. The van der Waals surface area contributed by atoms with Crippen LogP contribution in [-0.4, -0.2) is 23.0 Å². The van der Waals surface area contributed by atoms with E-state index in [-0.39, 0.29) is 0 Å². The van der Waals surface area contributed by atoms with Gasteiger partial charge in [-0.2, -0.15) is 0 Å². The Morgan fingerprint density at radius 2 is 2.00 bits per heavy atom. The van der Waals surface area contributed by atoms with Gasteiger partial charge in [0, 0.05) is 0 Å². The molecule has 0 aromatic rings. The van der Waals surface area contributed by atoms with Gasteiger partial charge in [0.25, 0.3) is 0 Å². The van der Waals surface area contributed by atoms with E-state index < -0.39 is 11.5 Å². The Morgan fingerprint density at radius 3 is 2.09 bits per heavy atom. The van der Waals surface area contributed by atoms with E-state index in [1.807, 2.05) is 0 Å². The van der Waals surface area contributed by atoms with Crippen LogP contribution in [0.15, 0.2) is 0 Å². The van der Waals surface area contributed by atoms with Gasteiger partial charge in [-0.3, -0.25) is 4.79 Å². The molecular weight excluding hydrogens is 146 g/mol. The highest BCUT2D eigenvalue weighted by Gasteiger charge is 2.33. The minimum absolute atomic E-state index is 0.400. The summed E-state index contributed by atoms with van der Waals surface area (Å²) in [6.07, 6.45) is 1.23. The van der Waals surface area contributed by atoms with Gasteiger partial charge in [-0.05, 0) is 12.8 Å². The van der Waals surface area contributed by atoms with Crippen molar-refractivity contribution in [2.24, 2.45) is 0 Å². The number of hydrogen-bond donors (Lipinski definition) is 2. The lowest BCUT2D eigenvalue weighted by molar-refractivity contribution is -0.146. The number of amides is 1. The molecule has 0 aliphatic rings. The van der Waals surface area contributed by atoms with Crippen molar-refractivity contribution in [2.45, 2.75) is 32.2 Å². The molecule has 0 aromatic carbocycles. The molecular formula is C7H13NO3. The van der Waals surface area contributed by atoms with Crippen LogP contribution in [0.2, 0.25) is 0 Å². The van der Waals surface area contributed by atoms with Crippen LogP contribution in [-0.2, 0) is 9.59 Å². The molecule has 0 radical (unpaired) electrons. The molecule has 4 heteroatoms. The van der Waals surface area contributed by atoms with Gasteiger partial charge in [0.1, 0.15) is 5.54 Å². The fourth-order valence-corrected chi connectivity index (χ4v) is 0.931. The van der Waals surface area contributed by atoms with Crippen molar-refractivity contribution >= 4 is 12.4 Å². The maximum atomic E-state index is 10.7. The van der Waals surface area contributed by atoms with Gasteiger partial charge in [0.15, 0.2) is 0 Å². The fraction of sp³-hybridized carbons (Fsp3) is 0.714. The second kappa shape index (κ2) is 3.95. The van der Waals surface area contributed by atoms with Crippen molar-refractivity contribution in [3.05, 3.63) is 0 Å². The minimum atomic E-state index is -1.07. The van der Waals surface area contributed by atoms with Crippen LogP contribution >= 0.6 is 0 Å². The van der Waals surface area contributed by atoms with E-state index in [1.165, 1.54) is 0 Å². The van der Waals surface area contributed by atoms with Crippen LogP contribution in [0.3, 0.4) is 0 Å². The summed E-state index contributed by atoms with van der Waals surface area (Å²) in [7, 11) is 0. The first-order valence-corrected chi connectivity index (χ1v) is 3.57. The summed E-state index contributed by atoms with van der Waals surface area (Å²) in [6.45, 7) is 3.46. The molecule has 0 unspecified atom stereocenters. The Labute approximate surface area is 65.6 Å². The van der Waals surface area contributed by atoms with Crippen molar-refractivity contribution in [2.75, 3.05) is 0 Å². The third-order valence-corrected chi connectivity index (χ3v) is 1.95. The molecule has 0 saturated heterocycles. The Balaban J connectivity index is 4.45. The lowest BCUT2D eigenvalue weighted by Crippen LogP contribution is -2.50. The van der Waals surface area contributed by atoms with E-state index in [0.717, 1.165) is 0 Å². The third-order valence-electron chi connectivity index (χ3n) is 1.95. The molecule has 0 bridgehead atoms. The van der Waals surface area contributed by atoms with Gasteiger partial charge >= 0.3 is 5.97 Å². The number of carbonyl (C=O) groups is 2. The lowest BCUT2D eigenvalue weighted by atomic mass is 9.93. The second-order valence-corrected chi connectivity index (χ2v) is 2.36. The number of rotatable bonds is 5. The van der Waals surface area contributed by atoms with E-state index >= 15 is 0 Å². The maximum absolute atomic E-state index is 10.7. The number of aliphatic carboxylic acids is 1. The molecule has 0 fully saturated rings. The van der Waals surface area contributed by atoms with Crippen LogP contribution in [0.4, 0.5) is 0 Å². The summed E-state index contributed by atoms with van der Waals surface area (Å²) in [4.78, 5) is 20.7. The highest BCUT2D eigenvalue weighted by Crippen LogP contribution is 2.13. The van der Waals surface area contributed by atoms with Crippen molar-refractivity contribution < 1.29 is 14.7 Å². The highest BCUT2D eigenvalue weighted by molar-refractivity contribution is 5.81. The molecule has 0 aliphatic carbocycles. The summed E-state index contributed by atoms with van der Waals surface area (Å²) in [5.74, 6) is -0.977. The summed E-state index contributed by atoms with van der Waals surface area (Å²) in [6, 6.07) is 0. The van der Waals surface area contributed by atoms with Gasteiger partial charge in [-0.1, -0.05) is 13.8 Å². The third kappa shape index (κ3) is 1.93.